The topological polar surface area (TPSA) is 133 Å². The van der Waals surface area contributed by atoms with Gasteiger partial charge in [-0.25, -0.2) is 4.79 Å². The number of esters is 2. The summed E-state index contributed by atoms with van der Waals surface area (Å²) < 4.78 is 37.7. The molecule has 6 fully saturated rings. The van der Waals surface area contributed by atoms with Gasteiger partial charge in [0, 0.05) is 76.5 Å². The lowest BCUT2D eigenvalue weighted by Crippen LogP contribution is -2.80. The summed E-state index contributed by atoms with van der Waals surface area (Å²) in [5, 5.41) is 25.3. The molecule has 248 valence electrons. The van der Waals surface area contributed by atoms with Gasteiger partial charge in [-0.3, -0.25) is 9.69 Å². The second-order valence-electron chi connectivity index (χ2n) is 14.3. The molecule has 1 aromatic rings. The molecule has 1 unspecified atom stereocenters. The molecule has 11 nitrogen and oxygen atoms in total. The fourth-order valence-electron chi connectivity index (χ4n) is 12.4. The molecule has 7 rings (SSSR count). The molecule has 1 heterocycles. The highest BCUT2D eigenvalue weighted by molar-refractivity contribution is 5.89. The Hall–Kier alpha value is -2.12. The molecular weight excluding hydrogens is 582 g/mol. The van der Waals surface area contributed by atoms with E-state index in [0.29, 0.717) is 18.7 Å². The maximum absolute atomic E-state index is 13.7. The van der Waals surface area contributed by atoms with Crippen molar-refractivity contribution in [3.8, 4) is 0 Å². The zero-order valence-corrected chi connectivity index (χ0v) is 27.0. The summed E-state index contributed by atoms with van der Waals surface area (Å²) >= 11 is 0. The Kier molecular flexibility index (Phi) is 7.48. The molecule has 0 radical (unpaired) electrons. The number of benzene rings is 1. The first-order valence-corrected chi connectivity index (χ1v) is 16.2. The van der Waals surface area contributed by atoms with Crippen molar-refractivity contribution in [3.05, 3.63) is 35.9 Å². The highest BCUT2D eigenvalue weighted by Gasteiger charge is 2.91. The van der Waals surface area contributed by atoms with Crippen LogP contribution in [0, 0.1) is 34.5 Å². The van der Waals surface area contributed by atoms with Crippen LogP contribution >= 0.6 is 0 Å². The lowest BCUT2D eigenvalue weighted by Gasteiger charge is -2.69. The van der Waals surface area contributed by atoms with Gasteiger partial charge in [0.05, 0.1) is 24.4 Å². The highest BCUT2D eigenvalue weighted by atomic mass is 16.6. The van der Waals surface area contributed by atoms with Gasteiger partial charge in [0.15, 0.2) is 5.60 Å². The summed E-state index contributed by atoms with van der Waals surface area (Å²) in [6.45, 7) is 5.44. The van der Waals surface area contributed by atoms with Crippen molar-refractivity contribution < 1.29 is 48.2 Å². The number of aliphatic hydroxyl groups excluding tert-OH is 1. The Labute approximate surface area is 264 Å². The molecule has 45 heavy (non-hydrogen) atoms. The number of aliphatic hydroxyl groups is 2. The van der Waals surface area contributed by atoms with Crippen LogP contribution in [0.15, 0.2) is 30.3 Å². The van der Waals surface area contributed by atoms with Crippen molar-refractivity contribution in [2.75, 3.05) is 48.1 Å². The fourth-order valence-corrected chi connectivity index (χ4v) is 12.4. The molecule has 2 N–H and O–H groups in total. The predicted molar refractivity (Wildman–Crippen MR) is 159 cm³/mol. The van der Waals surface area contributed by atoms with Crippen molar-refractivity contribution >= 4 is 11.9 Å². The minimum Gasteiger partial charge on any atom is -0.455 e. The highest BCUT2D eigenvalue weighted by Crippen LogP contribution is 2.80. The van der Waals surface area contributed by atoms with Crippen molar-refractivity contribution in [2.24, 2.45) is 34.5 Å². The van der Waals surface area contributed by atoms with Crippen LogP contribution in [-0.2, 0) is 33.2 Å². The number of carbonyl (C=O) groups is 2. The molecule has 0 aromatic heterocycles. The molecule has 11 heteroatoms. The van der Waals surface area contributed by atoms with Gasteiger partial charge in [-0.15, -0.1) is 0 Å². The average molecular weight is 630 g/mol. The number of carbonyl (C=O) groups excluding carboxylic acids is 2. The Morgan fingerprint density at radius 1 is 1.02 bits per heavy atom. The van der Waals surface area contributed by atoms with E-state index in [9.17, 15) is 19.8 Å². The van der Waals surface area contributed by atoms with E-state index < -0.39 is 64.8 Å². The van der Waals surface area contributed by atoms with Crippen LogP contribution in [0.3, 0.4) is 0 Å². The number of hydrogen-bond donors (Lipinski definition) is 2. The minimum atomic E-state index is -1.76. The quantitative estimate of drug-likeness (QED) is 0.387. The summed E-state index contributed by atoms with van der Waals surface area (Å²) in [7, 11) is 6.59. The molecule has 1 aliphatic heterocycles. The van der Waals surface area contributed by atoms with E-state index in [1.165, 1.54) is 14.0 Å². The van der Waals surface area contributed by atoms with Crippen molar-refractivity contribution in [1.82, 2.24) is 4.90 Å². The van der Waals surface area contributed by atoms with E-state index in [0.717, 1.165) is 19.4 Å². The molecule has 6 aliphatic rings. The zero-order valence-electron chi connectivity index (χ0n) is 27.0. The molecule has 7 bridgehead atoms. The molecule has 1 aromatic carbocycles. The van der Waals surface area contributed by atoms with E-state index in [1.807, 2.05) is 6.07 Å². The molecule has 1 spiro atoms. The van der Waals surface area contributed by atoms with E-state index >= 15 is 0 Å². The second-order valence-corrected chi connectivity index (χ2v) is 14.3. The van der Waals surface area contributed by atoms with Gasteiger partial charge < -0.3 is 38.6 Å². The Bertz CT molecular complexity index is 1330. The summed E-state index contributed by atoms with van der Waals surface area (Å²) in [5.74, 6) is -2.95. The molecule has 5 aliphatic carbocycles. The molecule has 5 saturated carbocycles. The maximum Gasteiger partial charge on any atom is 0.338 e. The Morgan fingerprint density at radius 3 is 2.36 bits per heavy atom. The summed E-state index contributed by atoms with van der Waals surface area (Å²) in [6.07, 6.45) is -2.64. The lowest BCUT2D eigenvalue weighted by atomic mass is 9.43. The minimum absolute atomic E-state index is 0.101. The van der Waals surface area contributed by atoms with Crippen LogP contribution < -0.4 is 0 Å². The van der Waals surface area contributed by atoms with Crippen LogP contribution in [0.4, 0.5) is 0 Å². The standard InChI is InChI=1S/C34H47NO10/c1-7-35-16-31(17-40-3)14-13-21(41-4)33-20-15-32(39)28(44-30(38)19-11-9-8-10-12-19)22(20)34(45-18(2)36,27(37)29(32)43-6)23(26(33)35)24(42-5)25(31)33/h8-12,20-29,37,39H,7,13-17H2,1-6H3/t20-,21+,22-,23+,24+,25-,26?,27+,28-,29+,31+,32+,33+,34-/m1/s1. The average Bonchev–Trinajstić information content (AvgIpc) is 3.40. The summed E-state index contributed by atoms with van der Waals surface area (Å²) in [4.78, 5) is 29.4. The monoisotopic (exact) mass is 629 g/mol. The van der Waals surface area contributed by atoms with Gasteiger partial charge in [0.2, 0.25) is 0 Å². The van der Waals surface area contributed by atoms with Gasteiger partial charge in [-0.05, 0) is 43.9 Å². The first kappa shape index (κ1) is 31.5. The van der Waals surface area contributed by atoms with Crippen LogP contribution in [0.2, 0.25) is 0 Å². The molecular formula is C34H47NO10. The number of nitrogens with zero attached hydrogens (tertiary/aromatic N) is 1. The first-order valence-electron chi connectivity index (χ1n) is 16.2. The fraction of sp³-hybridized carbons (Fsp3) is 0.765. The molecule has 0 amide bonds. The SMILES string of the molecule is CCN1C[C@]2(COC)CC[C@H](OC)[C@]34C1[C@H]([C@H](OC)[C@H]23)[C@]1(OC(C)=O)[C@H]2[C@@H](OC(=O)c3ccccc3)[C@@](O)(C[C@H]24)[C@@H](OC)[C@@H]1O. The third-order valence-corrected chi connectivity index (χ3v) is 13.0. The number of rotatable bonds is 9. The normalized spacial score (nSPS) is 49.1. The van der Waals surface area contributed by atoms with Gasteiger partial charge in [-0.2, -0.15) is 0 Å². The van der Waals surface area contributed by atoms with Crippen LogP contribution in [0.1, 0.15) is 43.5 Å². The number of fused-ring (bicyclic) bond motifs is 2. The van der Waals surface area contributed by atoms with Gasteiger partial charge in [0.25, 0.3) is 0 Å². The Balaban J connectivity index is 1.52. The molecule has 14 atom stereocenters. The number of piperidine rings is 1. The maximum atomic E-state index is 13.7. The van der Waals surface area contributed by atoms with Crippen LogP contribution in [0.5, 0.6) is 0 Å². The second kappa shape index (κ2) is 10.7. The van der Waals surface area contributed by atoms with Crippen LogP contribution in [0.25, 0.3) is 0 Å². The largest absolute Gasteiger partial charge is 0.455 e. The van der Waals surface area contributed by atoms with E-state index in [4.69, 9.17) is 28.4 Å². The van der Waals surface area contributed by atoms with Crippen LogP contribution in [-0.4, -0.2) is 123 Å². The Morgan fingerprint density at radius 2 is 1.76 bits per heavy atom. The number of methoxy groups -OCH3 is 4. The summed E-state index contributed by atoms with van der Waals surface area (Å²) in [5.41, 5.74) is -3.92. The smallest absolute Gasteiger partial charge is 0.338 e. The van der Waals surface area contributed by atoms with E-state index in [2.05, 4.69) is 11.8 Å². The van der Waals surface area contributed by atoms with Crippen molar-refractivity contribution in [1.29, 1.82) is 0 Å². The third kappa shape index (κ3) is 3.66. The van der Waals surface area contributed by atoms with Crippen molar-refractivity contribution in [3.63, 3.8) is 0 Å². The number of hydrogen-bond acceptors (Lipinski definition) is 11. The van der Waals surface area contributed by atoms with Gasteiger partial charge in [-0.1, -0.05) is 25.1 Å². The van der Waals surface area contributed by atoms with Crippen molar-refractivity contribution in [2.45, 2.75) is 80.9 Å². The predicted octanol–water partition coefficient (Wildman–Crippen LogP) is 1.68. The first-order chi connectivity index (χ1) is 21.6. The summed E-state index contributed by atoms with van der Waals surface area (Å²) in [6, 6.07) is 8.42. The van der Waals surface area contributed by atoms with Gasteiger partial charge in [0.1, 0.15) is 23.9 Å². The van der Waals surface area contributed by atoms with E-state index in [-0.39, 0.29) is 35.8 Å². The van der Waals surface area contributed by atoms with E-state index in [1.54, 1.807) is 45.6 Å². The number of ether oxygens (including phenoxy) is 6. The third-order valence-electron chi connectivity index (χ3n) is 13.0. The number of likely N-dealkylation sites (tertiary alicyclic amines) is 1. The van der Waals surface area contributed by atoms with Gasteiger partial charge >= 0.3 is 11.9 Å². The molecule has 1 saturated heterocycles. The lowest BCUT2D eigenvalue weighted by molar-refractivity contribution is -0.317. The zero-order chi connectivity index (χ0) is 32.1.